The number of carbonyl (C=O) groups is 1. The minimum atomic E-state index is 0.0607. The van der Waals surface area contributed by atoms with Crippen LogP contribution in [0.1, 0.15) is 50.0 Å². The predicted octanol–water partition coefficient (Wildman–Crippen LogP) is 5.83. The van der Waals surface area contributed by atoms with Crippen molar-refractivity contribution in [3.8, 4) is 5.75 Å². The van der Waals surface area contributed by atoms with Gasteiger partial charge < -0.3 is 14.1 Å². The topological polar surface area (TPSA) is 42.7 Å². The molecule has 0 radical (unpaired) electrons. The van der Waals surface area contributed by atoms with Crippen LogP contribution in [-0.2, 0) is 17.8 Å². The Kier molecular flexibility index (Phi) is 7.72. The predicted molar refractivity (Wildman–Crippen MR) is 120 cm³/mol. The maximum Gasteiger partial charge on any atom is 0.219 e. The van der Waals surface area contributed by atoms with Crippen LogP contribution in [0.2, 0.25) is 0 Å². The van der Waals surface area contributed by atoms with Gasteiger partial charge >= 0.3 is 0 Å². The lowest BCUT2D eigenvalue weighted by Crippen LogP contribution is -2.30. The van der Waals surface area contributed by atoms with Crippen molar-refractivity contribution in [2.24, 2.45) is 0 Å². The van der Waals surface area contributed by atoms with E-state index in [1.807, 2.05) is 49.1 Å². The van der Waals surface area contributed by atoms with Crippen molar-refractivity contribution in [1.29, 1.82) is 0 Å². The molecule has 2 aromatic carbocycles. The number of ether oxygens (including phenoxy) is 1. The quantitative estimate of drug-likeness (QED) is 0.426. The van der Waals surface area contributed by atoms with Crippen LogP contribution in [0.15, 0.2) is 77.4 Å². The summed E-state index contributed by atoms with van der Waals surface area (Å²) in [7, 11) is 0. The van der Waals surface area contributed by atoms with Crippen LogP contribution in [0.25, 0.3) is 0 Å². The number of nitrogens with zero attached hydrogens (tertiary/aromatic N) is 1. The van der Waals surface area contributed by atoms with E-state index < -0.39 is 0 Å². The van der Waals surface area contributed by atoms with E-state index in [4.69, 9.17) is 9.15 Å². The largest absolute Gasteiger partial charge is 0.491 e. The Morgan fingerprint density at radius 3 is 2.33 bits per heavy atom. The van der Waals surface area contributed by atoms with Gasteiger partial charge in [0, 0.05) is 13.5 Å². The molecule has 0 aliphatic carbocycles. The third kappa shape index (κ3) is 6.51. The molecule has 1 unspecified atom stereocenters. The highest BCUT2D eigenvalue weighted by atomic mass is 16.5. The van der Waals surface area contributed by atoms with E-state index in [0.717, 1.165) is 24.4 Å². The summed E-state index contributed by atoms with van der Waals surface area (Å²) >= 11 is 0. The van der Waals surface area contributed by atoms with Crippen LogP contribution in [0.3, 0.4) is 0 Å². The number of furan rings is 1. The summed E-state index contributed by atoms with van der Waals surface area (Å²) < 4.78 is 11.2. The monoisotopic (exact) mass is 405 g/mol. The molecule has 3 rings (SSSR count). The summed E-state index contributed by atoms with van der Waals surface area (Å²) in [4.78, 5) is 14.0. The first-order chi connectivity index (χ1) is 14.5. The normalized spacial score (nSPS) is 12.0. The van der Waals surface area contributed by atoms with E-state index in [2.05, 4.69) is 36.4 Å². The Hall–Kier alpha value is -3.01. The Morgan fingerprint density at radius 2 is 1.73 bits per heavy atom. The smallest absolute Gasteiger partial charge is 0.219 e. The molecule has 0 aliphatic heterocycles. The average molecular weight is 406 g/mol. The minimum absolute atomic E-state index is 0.0607. The van der Waals surface area contributed by atoms with Crippen LogP contribution in [0.4, 0.5) is 0 Å². The fourth-order valence-electron chi connectivity index (χ4n) is 3.63. The van der Waals surface area contributed by atoms with Gasteiger partial charge in [0.15, 0.2) is 0 Å². The third-order valence-electron chi connectivity index (χ3n) is 5.17. The molecule has 4 heteroatoms. The van der Waals surface area contributed by atoms with Gasteiger partial charge in [-0.2, -0.15) is 0 Å². The van der Waals surface area contributed by atoms with E-state index in [-0.39, 0.29) is 12.0 Å². The SMILES string of the molecule is CC(=O)N(CCC(Cc1ccccc1)c1ccc(OC(C)C)cc1)Cc1ccco1. The highest BCUT2D eigenvalue weighted by Crippen LogP contribution is 2.27. The number of hydrogen-bond acceptors (Lipinski definition) is 3. The van der Waals surface area contributed by atoms with Crippen LogP contribution < -0.4 is 4.74 Å². The second kappa shape index (κ2) is 10.7. The molecule has 0 fully saturated rings. The van der Waals surface area contributed by atoms with E-state index in [1.165, 1.54) is 11.1 Å². The first-order valence-corrected chi connectivity index (χ1v) is 10.6. The van der Waals surface area contributed by atoms with E-state index in [9.17, 15) is 4.79 Å². The third-order valence-corrected chi connectivity index (χ3v) is 5.17. The van der Waals surface area contributed by atoms with Gasteiger partial charge in [0.2, 0.25) is 5.91 Å². The number of rotatable bonds is 10. The number of benzene rings is 2. The van der Waals surface area contributed by atoms with Gasteiger partial charge in [-0.25, -0.2) is 0 Å². The van der Waals surface area contributed by atoms with Crippen molar-refractivity contribution < 1.29 is 13.9 Å². The summed E-state index contributed by atoms with van der Waals surface area (Å²) in [5.74, 6) is 2.06. The van der Waals surface area contributed by atoms with Crippen LogP contribution in [-0.4, -0.2) is 23.5 Å². The molecule has 1 heterocycles. The zero-order valence-corrected chi connectivity index (χ0v) is 18.1. The highest BCUT2D eigenvalue weighted by molar-refractivity contribution is 5.73. The summed E-state index contributed by atoms with van der Waals surface area (Å²) in [6, 6.07) is 22.7. The van der Waals surface area contributed by atoms with Crippen LogP contribution in [0, 0.1) is 0 Å². The highest BCUT2D eigenvalue weighted by Gasteiger charge is 2.17. The maximum absolute atomic E-state index is 12.2. The lowest BCUT2D eigenvalue weighted by atomic mass is 9.89. The second-order valence-electron chi connectivity index (χ2n) is 7.93. The Balaban J connectivity index is 1.74. The molecular weight excluding hydrogens is 374 g/mol. The van der Waals surface area contributed by atoms with Gasteiger partial charge in [0.1, 0.15) is 11.5 Å². The molecule has 0 N–H and O–H groups in total. The summed E-state index contributed by atoms with van der Waals surface area (Å²) in [6.45, 7) is 6.86. The molecule has 4 nitrogen and oxygen atoms in total. The van der Waals surface area contributed by atoms with Crippen LogP contribution >= 0.6 is 0 Å². The first kappa shape index (κ1) is 21.7. The fraction of sp³-hybridized carbons (Fsp3) is 0.346. The van der Waals surface area contributed by atoms with Crippen molar-refractivity contribution >= 4 is 5.91 Å². The standard InChI is InChI=1S/C26H31NO3/c1-20(2)30-25-13-11-23(12-14-25)24(18-22-8-5-4-6-9-22)15-16-27(21(3)28)19-26-10-7-17-29-26/h4-14,17,20,24H,15-16,18-19H2,1-3H3. The molecule has 0 spiro atoms. The zero-order chi connectivity index (χ0) is 21.3. The minimum Gasteiger partial charge on any atom is -0.491 e. The van der Waals surface area contributed by atoms with Gasteiger partial charge in [0.05, 0.1) is 18.9 Å². The molecule has 1 amide bonds. The van der Waals surface area contributed by atoms with Gasteiger partial charge in [-0.1, -0.05) is 42.5 Å². The molecule has 30 heavy (non-hydrogen) atoms. The van der Waals surface area contributed by atoms with Crippen molar-refractivity contribution in [1.82, 2.24) is 4.90 Å². The number of amides is 1. The first-order valence-electron chi connectivity index (χ1n) is 10.6. The van der Waals surface area contributed by atoms with E-state index in [1.54, 1.807) is 13.2 Å². The number of carbonyl (C=O) groups excluding carboxylic acids is 1. The molecule has 0 saturated carbocycles. The lowest BCUT2D eigenvalue weighted by Gasteiger charge is -2.24. The van der Waals surface area contributed by atoms with Crippen molar-refractivity contribution in [3.05, 3.63) is 89.9 Å². The maximum atomic E-state index is 12.2. The van der Waals surface area contributed by atoms with E-state index in [0.29, 0.717) is 19.0 Å². The molecule has 3 aromatic rings. The van der Waals surface area contributed by atoms with Crippen molar-refractivity contribution in [3.63, 3.8) is 0 Å². The molecule has 1 atom stereocenters. The van der Waals surface area contributed by atoms with Gasteiger partial charge in [-0.15, -0.1) is 0 Å². The van der Waals surface area contributed by atoms with Crippen molar-refractivity contribution in [2.75, 3.05) is 6.54 Å². The molecule has 1 aromatic heterocycles. The van der Waals surface area contributed by atoms with Crippen molar-refractivity contribution in [2.45, 2.75) is 52.2 Å². The molecular formula is C26H31NO3. The Bertz CT molecular complexity index is 886. The summed E-state index contributed by atoms with van der Waals surface area (Å²) in [5.41, 5.74) is 2.56. The molecule has 0 saturated heterocycles. The van der Waals surface area contributed by atoms with Gasteiger partial charge in [-0.05, 0) is 68.0 Å². The Labute approximate surface area is 179 Å². The van der Waals surface area contributed by atoms with E-state index >= 15 is 0 Å². The average Bonchev–Trinajstić information content (AvgIpc) is 3.24. The second-order valence-corrected chi connectivity index (χ2v) is 7.93. The lowest BCUT2D eigenvalue weighted by molar-refractivity contribution is -0.129. The van der Waals surface area contributed by atoms with Gasteiger partial charge in [0.25, 0.3) is 0 Å². The molecule has 0 bridgehead atoms. The molecule has 158 valence electrons. The number of hydrogen-bond donors (Lipinski definition) is 0. The van der Waals surface area contributed by atoms with Gasteiger partial charge in [-0.3, -0.25) is 4.79 Å². The zero-order valence-electron chi connectivity index (χ0n) is 18.1. The fourth-order valence-corrected chi connectivity index (χ4v) is 3.63. The summed E-state index contributed by atoms with van der Waals surface area (Å²) in [6.07, 6.45) is 3.60. The summed E-state index contributed by atoms with van der Waals surface area (Å²) in [5, 5.41) is 0. The molecule has 0 aliphatic rings. The Morgan fingerprint density at radius 1 is 1.00 bits per heavy atom. The van der Waals surface area contributed by atoms with Crippen LogP contribution in [0.5, 0.6) is 5.75 Å².